The van der Waals surface area contributed by atoms with E-state index in [1.165, 1.54) is 0 Å². The number of allylic oxidation sites excluding steroid dienone is 3. The molecule has 0 unspecified atom stereocenters. The van der Waals surface area contributed by atoms with Crippen LogP contribution < -0.4 is 0 Å². The summed E-state index contributed by atoms with van der Waals surface area (Å²) in [5.74, 6) is -0.614. The van der Waals surface area contributed by atoms with Gasteiger partial charge in [-0.3, -0.25) is 0 Å². The standard InChI is InChI=1S/C17H24O4/c1-5-7-8-9-11-18-12-10-13-14(6-2)19-16-15(13)20-17(3,4)21-16/h5-10,14-16H,2,11-12H2,1,3-4H3/b7-5+,9-8-,13-10-/t14-,15-,16-/m1/s1. The van der Waals surface area contributed by atoms with Gasteiger partial charge in [0.25, 0.3) is 0 Å². The van der Waals surface area contributed by atoms with Crippen molar-refractivity contribution in [3.63, 3.8) is 0 Å². The van der Waals surface area contributed by atoms with Crippen molar-refractivity contribution in [2.45, 2.75) is 45.1 Å². The maximum atomic E-state index is 5.89. The third-order valence-electron chi connectivity index (χ3n) is 3.30. The van der Waals surface area contributed by atoms with Crippen molar-refractivity contribution in [1.82, 2.24) is 0 Å². The molecule has 2 heterocycles. The highest BCUT2D eigenvalue weighted by molar-refractivity contribution is 5.25. The summed E-state index contributed by atoms with van der Waals surface area (Å²) in [7, 11) is 0. The van der Waals surface area contributed by atoms with Crippen LogP contribution in [0.1, 0.15) is 20.8 Å². The average Bonchev–Trinajstić information content (AvgIpc) is 2.90. The van der Waals surface area contributed by atoms with Crippen molar-refractivity contribution in [3.8, 4) is 0 Å². The smallest absolute Gasteiger partial charge is 0.192 e. The molecule has 0 aliphatic carbocycles. The Morgan fingerprint density at radius 3 is 2.76 bits per heavy atom. The molecule has 4 heteroatoms. The van der Waals surface area contributed by atoms with Crippen LogP contribution in [0.25, 0.3) is 0 Å². The maximum Gasteiger partial charge on any atom is 0.192 e. The van der Waals surface area contributed by atoms with Gasteiger partial charge in [-0.25, -0.2) is 0 Å². The fourth-order valence-corrected chi connectivity index (χ4v) is 2.40. The van der Waals surface area contributed by atoms with Gasteiger partial charge in [-0.1, -0.05) is 36.5 Å². The second kappa shape index (κ2) is 7.18. The van der Waals surface area contributed by atoms with Gasteiger partial charge >= 0.3 is 0 Å². The van der Waals surface area contributed by atoms with Crippen LogP contribution >= 0.6 is 0 Å². The summed E-state index contributed by atoms with van der Waals surface area (Å²) in [4.78, 5) is 0. The SMILES string of the molecule is C=C[C@H]1O[C@@H]2OC(C)(C)O[C@@H]2/C1=C\COC/C=C\C=C\C. The summed E-state index contributed by atoms with van der Waals surface area (Å²) in [6.45, 7) is 10.6. The predicted molar refractivity (Wildman–Crippen MR) is 81.8 cm³/mol. The molecule has 0 aromatic rings. The molecule has 116 valence electrons. The molecule has 2 aliphatic rings. The minimum atomic E-state index is -0.614. The van der Waals surface area contributed by atoms with Gasteiger partial charge in [-0.05, 0) is 26.3 Å². The van der Waals surface area contributed by atoms with Gasteiger partial charge in [-0.15, -0.1) is 6.58 Å². The molecule has 0 bridgehead atoms. The van der Waals surface area contributed by atoms with Gasteiger partial charge in [0.15, 0.2) is 12.1 Å². The Bertz CT molecular complexity index is 448. The first-order chi connectivity index (χ1) is 10.1. The summed E-state index contributed by atoms with van der Waals surface area (Å²) in [5, 5.41) is 0. The van der Waals surface area contributed by atoms with Gasteiger partial charge in [0.1, 0.15) is 12.2 Å². The molecule has 2 aliphatic heterocycles. The molecular formula is C17H24O4. The van der Waals surface area contributed by atoms with Crippen LogP contribution in [0.3, 0.4) is 0 Å². The first kappa shape index (κ1) is 16.2. The van der Waals surface area contributed by atoms with Gasteiger partial charge < -0.3 is 18.9 Å². The first-order valence-corrected chi connectivity index (χ1v) is 7.26. The number of fused-ring (bicyclic) bond motifs is 1. The van der Waals surface area contributed by atoms with E-state index in [-0.39, 0.29) is 18.5 Å². The summed E-state index contributed by atoms with van der Waals surface area (Å²) < 4.78 is 22.9. The normalized spacial score (nSPS) is 33.3. The van der Waals surface area contributed by atoms with Gasteiger partial charge in [-0.2, -0.15) is 0 Å². The number of ether oxygens (including phenoxy) is 4. The monoisotopic (exact) mass is 292 g/mol. The van der Waals surface area contributed by atoms with Crippen molar-refractivity contribution in [2.24, 2.45) is 0 Å². The fourth-order valence-electron chi connectivity index (χ4n) is 2.40. The van der Waals surface area contributed by atoms with Crippen molar-refractivity contribution in [1.29, 1.82) is 0 Å². The van der Waals surface area contributed by atoms with Crippen molar-refractivity contribution >= 4 is 0 Å². The lowest BCUT2D eigenvalue weighted by Crippen LogP contribution is -2.25. The Kier molecular flexibility index (Phi) is 5.53. The van der Waals surface area contributed by atoms with Crippen molar-refractivity contribution in [2.75, 3.05) is 13.2 Å². The van der Waals surface area contributed by atoms with Crippen molar-refractivity contribution in [3.05, 3.63) is 48.6 Å². The minimum absolute atomic E-state index is 0.168. The second-order valence-electron chi connectivity index (χ2n) is 5.41. The van der Waals surface area contributed by atoms with Gasteiger partial charge in [0.05, 0.1) is 13.2 Å². The Balaban J connectivity index is 1.90. The summed E-state index contributed by atoms with van der Waals surface area (Å²) in [5.41, 5.74) is 1.03. The molecule has 0 saturated carbocycles. The molecule has 2 saturated heterocycles. The average molecular weight is 292 g/mol. The van der Waals surface area contributed by atoms with Crippen LogP contribution in [0.15, 0.2) is 48.6 Å². The van der Waals surface area contributed by atoms with Crippen LogP contribution in [0, 0.1) is 0 Å². The fraction of sp³-hybridized carbons (Fsp3) is 0.529. The van der Waals surface area contributed by atoms with Crippen LogP contribution in [-0.2, 0) is 18.9 Å². The topological polar surface area (TPSA) is 36.9 Å². The second-order valence-corrected chi connectivity index (χ2v) is 5.41. The highest BCUT2D eigenvalue weighted by Crippen LogP contribution is 2.40. The first-order valence-electron chi connectivity index (χ1n) is 7.26. The van der Waals surface area contributed by atoms with E-state index in [0.717, 1.165) is 5.57 Å². The van der Waals surface area contributed by atoms with E-state index >= 15 is 0 Å². The summed E-state index contributed by atoms with van der Waals surface area (Å²) >= 11 is 0. The Hall–Kier alpha value is -1.20. The van der Waals surface area contributed by atoms with Crippen molar-refractivity contribution < 1.29 is 18.9 Å². The van der Waals surface area contributed by atoms with E-state index in [1.807, 2.05) is 51.2 Å². The van der Waals surface area contributed by atoms with E-state index in [9.17, 15) is 0 Å². The molecule has 0 aromatic heterocycles. The third-order valence-corrected chi connectivity index (χ3v) is 3.30. The molecule has 0 N–H and O–H groups in total. The van der Waals surface area contributed by atoms with E-state index in [2.05, 4.69) is 6.58 Å². The third kappa shape index (κ3) is 4.14. The van der Waals surface area contributed by atoms with Crippen LogP contribution in [0.5, 0.6) is 0 Å². The molecular weight excluding hydrogens is 268 g/mol. The number of hydrogen-bond donors (Lipinski definition) is 0. The molecule has 3 atom stereocenters. The largest absolute Gasteiger partial charge is 0.373 e. The van der Waals surface area contributed by atoms with E-state index in [0.29, 0.717) is 13.2 Å². The Morgan fingerprint density at radius 1 is 1.24 bits per heavy atom. The van der Waals surface area contributed by atoms with Crippen LogP contribution in [0.2, 0.25) is 0 Å². The molecule has 4 nitrogen and oxygen atoms in total. The number of hydrogen-bond acceptors (Lipinski definition) is 4. The minimum Gasteiger partial charge on any atom is -0.373 e. The molecule has 0 radical (unpaired) electrons. The molecule has 0 spiro atoms. The molecule has 2 fully saturated rings. The van der Waals surface area contributed by atoms with Crippen LogP contribution in [0.4, 0.5) is 0 Å². The number of rotatable bonds is 6. The molecule has 0 aromatic carbocycles. The lowest BCUT2D eigenvalue weighted by Gasteiger charge is -2.20. The highest BCUT2D eigenvalue weighted by Gasteiger charge is 2.50. The highest BCUT2D eigenvalue weighted by atomic mass is 16.8. The Labute approximate surface area is 126 Å². The molecule has 2 rings (SSSR count). The lowest BCUT2D eigenvalue weighted by molar-refractivity contribution is -0.195. The summed E-state index contributed by atoms with van der Waals surface area (Å²) in [6, 6.07) is 0. The molecule has 0 amide bonds. The predicted octanol–water partition coefficient (Wildman–Crippen LogP) is 3.12. The van der Waals surface area contributed by atoms with E-state index in [4.69, 9.17) is 18.9 Å². The zero-order valence-electron chi connectivity index (χ0n) is 13.0. The zero-order valence-corrected chi connectivity index (χ0v) is 13.0. The van der Waals surface area contributed by atoms with Crippen LogP contribution in [-0.4, -0.2) is 37.5 Å². The van der Waals surface area contributed by atoms with E-state index in [1.54, 1.807) is 6.08 Å². The quantitative estimate of drug-likeness (QED) is 0.428. The van der Waals surface area contributed by atoms with Gasteiger partial charge in [0.2, 0.25) is 0 Å². The maximum absolute atomic E-state index is 5.89. The van der Waals surface area contributed by atoms with E-state index < -0.39 is 5.79 Å². The summed E-state index contributed by atoms with van der Waals surface area (Å²) in [6.07, 6.45) is 10.9. The lowest BCUT2D eigenvalue weighted by atomic mass is 10.1. The van der Waals surface area contributed by atoms with Gasteiger partial charge in [0, 0.05) is 0 Å². The zero-order chi connectivity index (χ0) is 15.3. The molecule has 21 heavy (non-hydrogen) atoms. The Morgan fingerprint density at radius 2 is 2.05 bits per heavy atom.